The number of rotatable bonds is 3. The lowest BCUT2D eigenvalue weighted by Crippen LogP contribution is -2.28. The average molecular weight is 374 g/mol. The molecule has 0 heterocycles. The van der Waals surface area contributed by atoms with Gasteiger partial charge < -0.3 is 10.6 Å². The summed E-state index contributed by atoms with van der Waals surface area (Å²) < 4.78 is 0.950. The van der Waals surface area contributed by atoms with Crippen LogP contribution >= 0.6 is 39.1 Å². The van der Waals surface area contributed by atoms with E-state index in [0.29, 0.717) is 22.3 Å². The van der Waals surface area contributed by atoms with Crippen molar-refractivity contribution in [3.63, 3.8) is 0 Å². The second-order valence-electron chi connectivity index (χ2n) is 4.06. The van der Waals surface area contributed by atoms with Crippen LogP contribution in [0.3, 0.4) is 0 Å². The van der Waals surface area contributed by atoms with E-state index in [0.717, 1.165) is 10.0 Å². The van der Waals surface area contributed by atoms with Crippen molar-refractivity contribution < 1.29 is 4.79 Å². The molecule has 0 aliphatic carbocycles. The fraction of sp³-hybridized carbons (Fsp3) is 0.0714. The number of hydrogen-bond acceptors (Lipinski definition) is 1. The van der Waals surface area contributed by atoms with E-state index in [4.69, 9.17) is 23.2 Å². The van der Waals surface area contributed by atoms with E-state index in [1.807, 2.05) is 24.3 Å². The zero-order chi connectivity index (χ0) is 14.5. The minimum atomic E-state index is -0.320. The van der Waals surface area contributed by atoms with Gasteiger partial charge in [-0.1, -0.05) is 57.3 Å². The van der Waals surface area contributed by atoms with Gasteiger partial charge in [-0.05, 0) is 29.8 Å². The first kappa shape index (κ1) is 15.2. The summed E-state index contributed by atoms with van der Waals surface area (Å²) in [6, 6.07) is 12.2. The Kier molecular flexibility index (Phi) is 5.29. The number of carbonyl (C=O) groups is 1. The molecule has 0 spiro atoms. The molecule has 0 saturated heterocycles. The van der Waals surface area contributed by atoms with Crippen molar-refractivity contribution in [2.24, 2.45) is 0 Å². The summed E-state index contributed by atoms with van der Waals surface area (Å²) in [4.78, 5) is 11.8. The molecule has 0 saturated carbocycles. The number of hydrogen-bond donors (Lipinski definition) is 2. The van der Waals surface area contributed by atoms with Crippen molar-refractivity contribution in [2.45, 2.75) is 6.54 Å². The monoisotopic (exact) mass is 372 g/mol. The van der Waals surface area contributed by atoms with E-state index in [9.17, 15) is 4.79 Å². The molecule has 3 nitrogen and oxygen atoms in total. The first-order chi connectivity index (χ1) is 9.54. The Morgan fingerprint density at radius 3 is 2.40 bits per heavy atom. The molecule has 2 rings (SSSR count). The van der Waals surface area contributed by atoms with E-state index in [-0.39, 0.29) is 6.03 Å². The highest BCUT2D eigenvalue weighted by atomic mass is 79.9. The van der Waals surface area contributed by atoms with Crippen LogP contribution in [-0.2, 0) is 6.54 Å². The number of halogens is 3. The lowest BCUT2D eigenvalue weighted by molar-refractivity contribution is 0.251. The minimum Gasteiger partial charge on any atom is -0.334 e. The molecule has 0 aromatic heterocycles. The van der Waals surface area contributed by atoms with Crippen molar-refractivity contribution in [2.75, 3.05) is 5.32 Å². The third-order valence-electron chi connectivity index (χ3n) is 2.52. The zero-order valence-electron chi connectivity index (χ0n) is 10.3. The summed E-state index contributed by atoms with van der Waals surface area (Å²) in [6.07, 6.45) is 0. The highest BCUT2D eigenvalue weighted by Gasteiger charge is 2.05. The maximum Gasteiger partial charge on any atom is 0.319 e. The second kappa shape index (κ2) is 6.97. The van der Waals surface area contributed by atoms with Crippen molar-refractivity contribution in [3.8, 4) is 0 Å². The highest BCUT2D eigenvalue weighted by Crippen LogP contribution is 2.22. The Morgan fingerprint density at radius 2 is 1.75 bits per heavy atom. The van der Waals surface area contributed by atoms with Crippen LogP contribution in [0.2, 0.25) is 10.0 Å². The van der Waals surface area contributed by atoms with Crippen molar-refractivity contribution in [1.29, 1.82) is 0 Å². The van der Waals surface area contributed by atoms with Crippen molar-refractivity contribution >= 4 is 50.9 Å². The molecule has 0 fully saturated rings. The van der Waals surface area contributed by atoms with Gasteiger partial charge in [-0.25, -0.2) is 4.79 Å². The van der Waals surface area contributed by atoms with Crippen LogP contribution in [0.15, 0.2) is 46.9 Å². The van der Waals surface area contributed by atoms with Gasteiger partial charge in [0.1, 0.15) is 0 Å². The molecule has 0 radical (unpaired) electrons. The van der Waals surface area contributed by atoms with Gasteiger partial charge in [-0.15, -0.1) is 0 Å². The van der Waals surface area contributed by atoms with Crippen molar-refractivity contribution in [3.05, 3.63) is 62.5 Å². The maximum atomic E-state index is 11.8. The van der Waals surface area contributed by atoms with Gasteiger partial charge in [0.15, 0.2) is 0 Å². The maximum absolute atomic E-state index is 11.8. The number of amides is 2. The standard InChI is InChI=1S/C14H11BrCl2N2O/c15-13-4-2-1-3-9(13)8-18-14(20)19-12-6-10(16)5-11(17)7-12/h1-7H,8H2,(H2,18,19,20). The number of urea groups is 1. The zero-order valence-corrected chi connectivity index (χ0v) is 13.4. The lowest BCUT2D eigenvalue weighted by Gasteiger charge is -2.09. The largest absolute Gasteiger partial charge is 0.334 e. The third kappa shape index (κ3) is 4.40. The molecule has 104 valence electrons. The summed E-state index contributed by atoms with van der Waals surface area (Å²) >= 11 is 15.2. The van der Waals surface area contributed by atoms with Crippen LogP contribution in [0.4, 0.5) is 10.5 Å². The molecule has 2 amide bonds. The van der Waals surface area contributed by atoms with E-state index in [1.165, 1.54) is 0 Å². The second-order valence-corrected chi connectivity index (χ2v) is 5.78. The summed E-state index contributed by atoms with van der Waals surface area (Å²) in [6.45, 7) is 0.418. The average Bonchev–Trinajstić information content (AvgIpc) is 2.36. The van der Waals surface area contributed by atoms with E-state index < -0.39 is 0 Å². The van der Waals surface area contributed by atoms with E-state index in [2.05, 4.69) is 26.6 Å². The first-order valence-corrected chi connectivity index (χ1v) is 7.34. The Morgan fingerprint density at radius 1 is 1.10 bits per heavy atom. The normalized spacial score (nSPS) is 10.2. The molecular formula is C14H11BrCl2N2O. The quantitative estimate of drug-likeness (QED) is 0.773. The van der Waals surface area contributed by atoms with Gasteiger partial charge >= 0.3 is 6.03 Å². The van der Waals surface area contributed by atoms with Crippen LogP contribution in [0.1, 0.15) is 5.56 Å². The van der Waals surface area contributed by atoms with Gasteiger partial charge in [-0.2, -0.15) is 0 Å². The highest BCUT2D eigenvalue weighted by molar-refractivity contribution is 9.10. The van der Waals surface area contributed by atoms with Gasteiger partial charge in [0.25, 0.3) is 0 Å². The predicted octanol–water partition coefficient (Wildman–Crippen LogP) is 5.08. The molecule has 0 atom stereocenters. The molecule has 0 aliphatic rings. The molecule has 0 unspecified atom stereocenters. The topological polar surface area (TPSA) is 41.1 Å². The predicted molar refractivity (Wildman–Crippen MR) is 86.5 cm³/mol. The van der Waals surface area contributed by atoms with Crippen LogP contribution in [-0.4, -0.2) is 6.03 Å². The van der Waals surface area contributed by atoms with Crippen LogP contribution < -0.4 is 10.6 Å². The van der Waals surface area contributed by atoms with Crippen LogP contribution in [0, 0.1) is 0 Å². The number of benzene rings is 2. The Hall–Kier alpha value is -1.23. The van der Waals surface area contributed by atoms with Crippen LogP contribution in [0.5, 0.6) is 0 Å². The van der Waals surface area contributed by atoms with Gasteiger partial charge in [-0.3, -0.25) is 0 Å². The summed E-state index contributed by atoms with van der Waals surface area (Å²) in [5, 5.41) is 6.38. The molecule has 2 aromatic rings. The van der Waals surface area contributed by atoms with Gasteiger partial charge in [0, 0.05) is 26.8 Å². The first-order valence-electron chi connectivity index (χ1n) is 5.79. The molecule has 2 aromatic carbocycles. The SMILES string of the molecule is O=C(NCc1ccccc1Br)Nc1cc(Cl)cc(Cl)c1. The minimum absolute atomic E-state index is 0.320. The van der Waals surface area contributed by atoms with Gasteiger partial charge in [0.05, 0.1) is 0 Å². The van der Waals surface area contributed by atoms with Crippen molar-refractivity contribution in [1.82, 2.24) is 5.32 Å². The van der Waals surface area contributed by atoms with E-state index in [1.54, 1.807) is 18.2 Å². The molecule has 0 bridgehead atoms. The fourth-order valence-corrected chi connectivity index (χ4v) is 2.57. The summed E-state index contributed by atoms with van der Waals surface area (Å²) in [5.41, 5.74) is 1.54. The Bertz CT molecular complexity index is 614. The van der Waals surface area contributed by atoms with E-state index >= 15 is 0 Å². The van der Waals surface area contributed by atoms with Gasteiger partial charge in [0.2, 0.25) is 0 Å². The molecule has 20 heavy (non-hydrogen) atoms. The number of nitrogens with one attached hydrogen (secondary N) is 2. The molecule has 2 N–H and O–H groups in total. The Balaban J connectivity index is 1.94. The Labute approximate surface area is 135 Å². The molecule has 6 heteroatoms. The number of carbonyl (C=O) groups excluding carboxylic acids is 1. The third-order valence-corrected chi connectivity index (χ3v) is 3.73. The molecule has 0 aliphatic heterocycles. The summed E-state index contributed by atoms with van der Waals surface area (Å²) in [7, 11) is 0. The fourth-order valence-electron chi connectivity index (χ4n) is 1.62. The number of anilines is 1. The summed E-state index contributed by atoms with van der Waals surface area (Å²) in [5.74, 6) is 0. The smallest absolute Gasteiger partial charge is 0.319 e. The lowest BCUT2D eigenvalue weighted by atomic mass is 10.2. The molecular weight excluding hydrogens is 363 g/mol. The van der Waals surface area contributed by atoms with Crippen LogP contribution in [0.25, 0.3) is 0 Å².